The molecule has 24 heavy (non-hydrogen) atoms. The summed E-state index contributed by atoms with van der Waals surface area (Å²) in [5, 5.41) is 5.01. The highest BCUT2D eigenvalue weighted by molar-refractivity contribution is 5.97. The number of primary amides is 1. The van der Waals surface area contributed by atoms with E-state index in [-0.39, 0.29) is 6.10 Å². The Morgan fingerprint density at radius 2 is 2.21 bits per heavy atom. The second-order valence-corrected chi connectivity index (χ2v) is 5.53. The van der Waals surface area contributed by atoms with Gasteiger partial charge in [0.25, 0.3) is 0 Å². The van der Waals surface area contributed by atoms with Gasteiger partial charge in [-0.1, -0.05) is 0 Å². The monoisotopic (exact) mass is 337 g/mol. The number of nitrogens with one attached hydrogen (secondary N) is 2. The molecule has 0 saturated carbocycles. The zero-order valence-electron chi connectivity index (χ0n) is 13.8. The summed E-state index contributed by atoms with van der Waals surface area (Å²) in [6, 6.07) is 3.71. The number of hydrogen-bond donors (Lipinski definition) is 3. The van der Waals surface area contributed by atoms with Crippen LogP contribution in [-0.2, 0) is 9.53 Å². The predicted molar refractivity (Wildman–Crippen MR) is 88.3 cm³/mol. The number of nitrogens with two attached hydrogens (primary N) is 1. The molecule has 4 N–H and O–H groups in total. The second kappa shape index (κ2) is 8.39. The molecule has 1 aliphatic rings. The Hall–Kier alpha value is -2.48. The molecule has 1 aromatic carbocycles. The van der Waals surface area contributed by atoms with Gasteiger partial charge in [-0.05, 0) is 31.9 Å². The summed E-state index contributed by atoms with van der Waals surface area (Å²) in [5.74, 6) is 0.633. The Labute approximate surface area is 140 Å². The van der Waals surface area contributed by atoms with Gasteiger partial charge in [-0.3, -0.25) is 10.1 Å². The van der Waals surface area contributed by atoms with E-state index in [0.717, 1.165) is 19.4 Å². The average molecular weight is 337 g/mol. The third-order valence-corrected chi connectivity index (χ3v) is 3.64. The van der Waals surface area contributed by atoms with Crippen molar-refractivity contribution in [2.45, 2.75) is 31.9 Å². The Bertz CT molecular complexity index is 587. The molecule has 0 unspecified atom stereocenters. The normalized spacial score (nSPS) is 17.8. The lowest BCUT2D eigenvalue weighted by Crippen LogP contribution is -2.43. The van der Waals surface area contributed by atoms with Crippen LogP contribution in [0.2, 0.25) is 0 Å². The number of imide groups is 1. The minimum atomic E-state index is -0.885. The first-order valence-corrected chi connectivity index (χ1v) is 7.79. The van der Waals surface area contributed by atoms with E-state index in [1.807, 2.05) is 5.32 Å². The fourth-order valence-electron chi connectivity index (χ4n) is 2.38. The maximum atomic E-state index is 11.7. The van der Waals surface area contributed by atoms with E-state index in [1.165, 1.54) is 0 Å². The van der Waals surface area contributed by atoms with E-state index in [4.69, 9.17) is 19.9 Å². The molecule has 8 heteroatoms. The molecular formula is C16H23N3O5. The maximum absolute atomic E-state index is 11.7. The van der Waals surface area contributed by atoms with Crippen LogP contribution in [-0.4, -0.2) is 44.4 Å². The van der Waals surface area contributed by atoms with E-state index in [9.17, 15) is 9.59 Å². The van der Waals surface area contributed by atoms with E-state index < -0.39 is 18.0 Å². The molecule has 8 nitrogen and oxygen atoms in total. The molecule has 1 heterocycles. The first-order valence-electron chi connectivity index (χ1n) is 7.79. The minimum Gasteiger partial charge on any atom is -0.493 e. The lowest BCUT2D eigenvalue weighted by Gasteiger charge is -2.17. The minimum absolute atomic E-state index is 0.0894. The van der Waals surface area contributed by atoms with Crippen LogP contribution in [0.4, 0.5) is 10.5 Å². The number of methoxy groups -OCH3 is 1. The van der Waals surface area contributed by atoms with Crippen molar-refractivity contribution in [2.75, 3.05) is 25.6 Å². The van der Waals surface area contributed by atoms with Crippen molar-refractivity contribution in [1.82, 2.24) is 5.32 Å². The van der Waals surface area contributed by atoms with Crippen LogP contribution in [0.5, 0.6) is 11.5 Å². The molecule has 0 bridgehead atoms. The van der Waals surface area contributed by atoms with Gasteiger partial charge in [0, 0.05) is 18.4 Å². The Morgan fingerprint density at radius 3 is 2.83 bits per heavy atom. The van der Waals surface area contributed by atoms with Gasteiger partial charge >= 0.3 is 6.03 Å². The first-order chi connectivity index (χ1) is 11.5. The summed E-state index contributed by atoms with van der Waals surface area (Å²) in [6.07, 6.45) is 2.11. The summed E-state index contributed by atoms with van der Waals surface area (Å²) in [7, 11) is 1.56. The van der Waals surface area contributed by atoms with E-state index in [1.54, 1.807) is 32.2 Å². The summed E-state index contributed by atoms with van der Waals surface area (Å²) in [5.41, 5.74) is 5.60. The molecule has 1 aliphatic heterocycles. The molecule has 2 rings (SSSR count). The van der Waals surface area contributed by atoms with Crippen LogP contribution in [0, 0.1) is 0 Å². The second-order valence-electron chi connectivity index (χ2n) is 5.53. The van der Waals surface area contributed by atoms with Gasteiger partial charge in [-0.25, -0.2) is 4.79 Å². The number of carbonyl (C=O) groups is 2. The number of benzene rings is 1. The summed E-state index contributed by atoms with van der Waals surface area (Å²) in [6.45, 7) is 2.83. The van der Waals surface area contributed by atoms with Gasteiger partial charge in [0.1, 0.15) is 12.6 Å². The van der Waals surface area contributed by atoms with Gasteiger partial charge in [0.15, 0.2) is 11.5 Å². The van der Waals surface area contributed by atoms with E-state index in [0.29, 0.717) is 23.8 Å². The molecule has 0 aliphatic carbocycles. The van der Waals surface area contributed by atoms with Crippen molar-refractivity contribution < 1.29 is 23.8 Å². The summed E-state index contributed by atoms with van der Waals surface area (Å²) in [4.78, 5) is 22.4. The van der Waals surface area contributed by atoms with Crippen LogP contribution in [0.3, 0.4) is 0 Å². The molecule has 0 spiro atoms. The van der Waals surface area contributed by atoms with Gasteiger partial charge in [-0.15, -0.1) is 0 Å². The van der Waals surface area contributed by atoms with Crippen molar-refractivity contribution in [3.05, 3.63) is 18.2 Å². The average Bonchev–Trinajstić information content (AvgIpc) is 3.05. The van der Waals surface area contributed by atoms with Crippen LogP contribution >= 0.6 is 0 Å². The molecule has 3 amide bonds. The van der Waals surface area contributed by atoms with Crippen molar-refractivity contribution in [3.63, 3.8) is 0 Å². The fraction of sp³-hybridized carbons (Fsp3) is 0.500. The van der Waals surface area contributed by atoms with Gasteiger partial charge in [-0.2, -0.15) is 0 Å². The van der Waals surface area contributed by atoms with Gasteiger partial charge in [0.05, 0.1) is 13.2 Å². The molecule has 0 aromatic heterocycles. The highest BCUT2D eigenvalue weighted by Gasteiger charge is 2.18. The Morgan fingerprint density at radius 1 is 1.42 bits per heavy atom. The van der Waals surface area contributed by atoms with Gasteiger partial charge in [0.2, 0.25) is 5.91 Å². The fourth-order valence-corrected chi connectivity index (χ4v) is 2.38. The number of hydrogen-bond acceptors (Lipinski definition) is 6. The topological polar surface area (TPSA) is 112 Å². The lowest BCUT2D eigenvalue weighted by atomic mass is 10.2. The maximum Gasteiger partial charge on any atom is 0.318 e. The molecule has 1 fully saturated rings. The quantitative estimate of drug-likeness (QED) is 0.690. The summed E-state index contributed by atoms with van der Waals surface area (Å²) >= 11 is 0. The van der Waals surface area contributed by atoms with Crippen LogP contribution < -0.4 is 25.8 Å². The lowest BCUT2D eigenvalue weighted by molar-refractivity contribution is -0.120. The van der Waals surface area contributed by atoms with E-state index >= 15 is 0 Å². The molecular weight excluding hydrogens is 314 g/mol. The van der Waals surface area contributed by atoms with Crippen LogP contribution in [0.25, 0.3) is 0 Å². The van der Waals surface area contributed by atoms with Gasteiger partial charge < -0.3 is 25.3 Å². The third kappa shape index (κ3) is 5.02. The smallest absolute Gasteiger partial charge is 0.318 e. The highest BCUT2D eigenvalue weighted by atomic mass is 16.5. The van der Waals surface area contributed by atoms with Crippen molar-refractivity contribution >= 4 is 17.6 Å². The number of rotatable bonds is 7. The number of anilines is 1. The molecule has 1 aromatic rings. The van der Waals surface area contributed by atoms with Crippen LogP contribution in [0.15, 0.2) is 18.2 Å². The molecule has 132 valence electrons. The Balaban J connectivity index is 2.00. The Kier molecular flexibility index (Phi) is 6.25. The predicted octanol–water partition coefficient (Wildman–Crippen LogP) is 1.25. The van der Waals surface area contributed by atoms with Crippen molar-refractivity contribution in [2.24, 2.45) is 5.73 Å². The zero-order valence-corrected chi connectivity index (χ0v) is 13.8. The highest BCUT2D eigenvalue weighted by Crippen LogP contribution is 2.31. The van der Waals surface area contributed by atoms with Crippen molar-refractivity contribution in [1.29, 1.82) is 0 Å². The number of urea groups is 1. The standard InChI is InChI=1S/C16H23N3O5/c1-10(15(20)19-16(17)21)18-11-5-6-13(22-2)14(8-11)24-9-12-4-3-7-23-12/h5-6,8,10,12,18H,3-4,7,9H2,1-2H3,(H3,17,19,20,21)/t10-,12-/m0/s1. The molecule has 1 saturated heterocycles. The van der Waals surface area contributed by atoms with E-state index in [2.05, 4.69) is 5.32 Å². The largest absolute Gasteiger partial charge is 0.493 e. The summed E-state index contributed by atoms with van der Waals surface area (Å²) < 4.78 is 16.6. The SMILES string of the molecule is COc1ccc(N[C@@H](C)C(=O)NC(N)=O)cc1OC[C@@H]1CCCO1. The zero-order chi connectivity index (χ0) is 17.5. The molecule has 0 radical (unpaired) electrons. The third-order valence-electron chi connectivity index (χ3n) is 3.64. The molecule has 2 atom stereocenters. The van der Waals surface area contributed by atoms with Crippen molar-refractivity contribution in [3.8, 4) is 11.5 Å². The first kappa shape index (κ1) is 17.9. The van der Waals surface area contributed by atoms with Crippen LogP contribution in [0.1, 0.15) is 19.8 Å². The number of amides is 3. The number of ether oxygens (including phenoxy) is 3. The number of carbonyl (C=O) groups excluding carboxylic acids is 2.